The molecule has 0 aromatic heterocycles. The molecule has 0 aliphatic carbocycles. The standard InChI is InChI=1S/C17H26N2O3S/c1-5-16(17(20)18-8-6-7-9-18)19(23(4,21)22)15-11-13(2)10-14(3)12-15/h10-12,16H,5-9H2,1-4H3/t16-/m0/s1. The predicted octanol–water partition coefficient (Wildman–Crippen LogP) is 2.47. The second-order valence-electron chi connectivity index (χ2n) is 6.36. The SMILES string of the molecule is CC[C@@H](C(=O)N1CCCC1)N(c1cc(C)cc(C)c1)S(C)(=O)=O. The number of benzene rings is 1. The van der Waals surface area contributed by atoms with E-state index in [2.05, 4.69) is 0 Å². The average molecular weight is 338 g/mol. The fraction of sp³-hybridized carbons (Fsp3) is 0.588. The monoisotopic (exact) mass is 338 g/mol. The predicted molar refractivity (Wildman–Crippen MR) is 93.1 cm³/mol. The Balaban J connectivity index is 2.46. The largest absolute Gasteiger partial charge is 0.341 e. The number of carbonyl (C=O) groups is 1. The van der Waals surface area contributed by atoms with Crippen LogP contribution < -0.4 is 4.31 Å². The number of aryl methyl sites for hydroxylation is 2. The van der Waals surface area contributed by atoms with Crippen molar-refractivity contribution >= 4 is 21.6 Å². The van der Waals surface area contributed by atoms with Crippen molar-refractivity contribution in [1.82, 2.24) is 4.90 Å². The minimum atomic E-state index is -3.55. The lowest BCUT2D eigenvalue weighted by Gasteiger charge is -2.33. The number of likely N-dealkylation sites (tertiary alicyclic amines) is 1. The third kappa shape index (κ3) is 4.05. The summed E-state index contributed by atoms with van der Waals surface area (Å²) >= 11 is 0. The van der Waals surface area contributed by atoms with Crippen molar-refractivity contribution in [2.24, 2.45) is 0 Å². The minimum absolute atomic E-state index is 0.0883. The maximum absolute atomic E-state index is 12.8. The Morgan fingerprint density at radius 3 is 2.13 bits per heavy atom. The fourth-order valence-electron chi connectivity index (χ4n) is 3.27. The first kappa shape index (κ1) is 17.8. The normalized spacial score (nSPS) is 16.4. The first-order valence-corrected chi connectivity index (χ1v) is 9.95. The molecule has 0 N–H and O–H groups in total. The van der Waals surface area contributed by atoms with Crippen LogP contribution in [-0.4, -0.2) is 44.6 Å². The van der Waals surface area contributed by atoms with Crippen LogP contribution in [0.25, 0.3) is 0 Å². The summed E-state index contributed by atoms with van der Waals surface area (Å²) < 4.78 is 26.2. The second kappa shape index (κ2) is 6.91. The lowest BCUT2D eigenvalue weighted by molar-refractivity contribution is -0.131. The summed E-state index contributed by atoms with van der Waals surface area (Å²) in [5, 5.41) is 0. The van der Waals surface area contributed by atoms with Gasteiger partial charge in [-0.1, -0.05) is 13.0 Å². The van der Waals surface area contributed by atoms with Crippen LogP contribution in [0.15, 0.2) is 18.2 Å². The van der Waals surface area contributed by atoms with E-state index in [4.69, 9.17) is 0 Å². The first-order chi connectivity index (χ1) is 10.7. The van der Waals surface area contributed by atoms with Gasteiger partial charge < -0.3 is 4.90 Å². The Kier molecular flexibility index (Phi) is 5.34. The molecule has 1 heterocycles. The molecule has 1 aliphatic rings. The van der Waals surface area contributed by atoms with Crippen molar-refractivity contribution in [3.05, 3.63) is 29.3 Å². The van der Waals surface area contributed by atoms with Crippen LogP contribution in [0.1, 0.15) is 37.3 Å². The highest BCUT2D eigenvalue weighted by Gasteiger charge is 2.35. The first-order valence-electron chi connectivity index (χ1n) is 8.10. The van der Waals surface area contributed by atoms with Gasteiger partial charge in [-0.25, -0.2) is 8.42 Å². The van der Waals surface area contributed by atoms with Gasteiger partial charge >= 0.3 is 0 Å². The molecule has 0 bridgehead atoms. The van der Waals surface area contributed by atoms with E-state index in [0.29, 0.717) is 12.1 Å². The van der Waals surface area contributed by atoms with Crippen LogP contribution in [0.2, 0.25) is 0 Å². The van der Waals surface area contributed by atoms with Crippen LogP contribution in [0, 0.1) is 13.8 Å². The van der Waals surface area contributed by atoms with Crippen molar-refractivity contribution in [3.8, 4) is 0 Å². The molecule has 6 heteroatoms. The number of rotatable bonds is 5. The summed E-state index contributed by atoms with van der Waals surface area (Å²) in [4.78, 5) is 14.6. The van der Waals surface area contributed by atoms with Gasteiger partial charge in [0.1, 0.15) is 6.04 Å². The van der Waals surface area contributed by atoms with Gasteiger partial charge in [0.05, 0.1) is 11.9 Å². The van der Waals surface area contributed by atoms with Crippen LogP contribution in [0.3, 0.4) is 0 Å². The van der Waals surface area contributed by atoms with Gasteiger partial charge in [0, 0.05) is 13.1 Å². The summed E-state index contributed by atoms with van der Waals surface area (Å²) in [5.41, 5.74) is 2.54. The molecule has 0 spiro atoms. The lowest BCUT2D eigenvalue weighted by atomic mass is 10.1. The molecule has 2 rings (SSSR count). The molecule has 1 aliphatic heterocycles. The zero-order valence-corrected chi connectivity index (χ0v) is 15.2. The van der Waals surface area contributed by atoms with Crippen LogP contribution in [0.5, 0.6) is 0 Å². The minimum Gasteiger partial charge on any atom is -0.341 e. The maximum Gasteiger partial charge on any atom is 0.246 e. The third-order valence-electron chi connectivity index (χ3n) is 4.19. The Labute approximate surface area is 139 Å². The van der Waals surface area contributed by atoms with Gasteiger partial charge in [-0.15, -0.1) is 0 Å². The summed E-state index contributed by atoms with van der Waals surface area (Å²) in [6, 6.07) is 4.97. The van der Waals surface area contributed by atoms with Crippen molar-refractivity contribution in [1.29, 1.82) is 0 Å². The summed E-state index contributed by atoms with van der Waals surface area (Å²) in [7, 11) is -3.55. The van der Waals surface area contributed by atoms with E-state index in [1.165, 1.54) is 10.6 Å². The molecule has 0 radical (unpaired) electrons. The summed E-state index contributed by atoms with van der Waals surface area (Å²) in [5.74, 6) is -0.0883. The van der Waals surface area contributed by atoms with Gasteiger partial charge in [0.2, 0.25) is 15.9 Å². The van der Waals surface area contributed by atoms with E-state index < -0.39 is 16.1 Å². The Morgan fingerprint density at radius 1 is 1.17 bits per heavy atom. The number of nitrogens with zero attached hydrogens (tertiary/aromatic N) is 2. The van der Waals surface area contributed by atoms with Crippen LogP contribution >= 0.6 is 0 Å². The van der Waals surface area contributed by atoms with Crippen molar-refractivity contribution in [2.45, 2.75) is 46.1 Å². The number of amides is 1. The van der Waals surface area contributed by atoms with E-state index in [1.807, 2.05) is 39.0 Å². The average Bonchev–Trinajstić information content (AvgIpc) is 2.95. The molecule has 0 unspecified atom stereocenters. The van der Waals surface area contributed by atoms with Crippen molar-refractivity contribution in [3.63, 3.8) is 0 Å². The molecule has 1 aromatic rings. The van der Waals surface area contributed by atoms with Crippen molar-refractivity contribution < 1.29 is 13.2 Å². The zero-order chi connectivity index (χ0) is 17.2. The maximum atomic E-state index is 12.8. The van der Waals surface area contributed by atoms with E-state index in [9.17, 15) is 13.2 Å². The molecule has 23 heavy (non-hydrogen) atoms. The highest BCUT2D eigenvalue weighted by molar-refractivity contribution is 7.92. The number of anilines is 1. The fourth-order valence-corrected chi connectivity index (χ4v) is 4.46. The quantitative estimate of drug-likeness (QED) is 0.829. The number of carbonyl (C=O) groups excluding carboxylic acids is 1. The number of hydrogen-bond acceptors (Lipinski definition) is 3. The second-order valence-corrected chi connectivity index (χ2v) is 8.22. The molecule has 1 aromatic carbocycles. The summed E-state index contributed by atoms with van der Waals surface area (Å²) in [6.07, 6.45) is 3.61. The Bertz CT molecular complexity index is 659. The molecule has 128 valence electrons. The third-order valence-corrected chi connectivity index (χ3v) is 5.37. The van der Waals surface area contributed by atoms with Gasteiger partial charge in [-0.3, -0.25) is 9.10 Å². The molecular weight excluding hydrogens is 312 g/mol. The van der Waals surface area contributed by atoms with E-state index in [0.717, 1.165) is 37.1 Å². The smallest absolute Gasteiger partial charge is 0.246 e. The Morgan fingerprint density at radius 2 is 1.70 bits per heavy atom. The molecule has 1 amide bonds. The van der Waals surface area contributed by atoms with Crippen LogP contribution in [-0.2, 0) is 14.8 Å². The zero-order valence-electron chi connectivity index (χ0n) is 14.4. The molecule has 1 atom stereocenters. The Hall–Kier alpha value is -1.56. The topological polar surface area (TPSA) is 57.7 Å². The number of hydrogen-bond donors (Lipinski definition) is 0. The highest BCUT2D eigenvalue weighted by Crippen LogP contribution is 2.26. The molecule has 1 saturated heterocycles. The van der Waals surface area contributed by atoms with E-state index in [-0.39, 0.29) is 5.91 Å². The number of sulfonamides is 1. The van der Waals surface area contributed by atoms with E-state index in [1.54, 1.807) is 4.90 Å². The van der Waals surface area contributed by atoms with Crippen molar-refractivity contribution in [2.75, 3.05) is 23.7 Å². The van der Waals surface area contributed by atoms with Gasteiger partial charge in [0.25, 0.3) is 0 Å². The van der Waals surface area contributed by atoms with E-state index >= 15 is 0 Å². The molecule has 5 nitrogen and oxygen atoms in total. The lowest BCUT2D eigenvalue weighted by Crippen LogP contribution is -2.50. The van der Waals surface area contributed by atoms with Crippen LogP contribution in [0.4, 0.5) is 5.69 Å². The molecule has 0 saturated carbocycles. The molecule has 1 fully saturated rings. The summed E-state index contributed by atoms with van der Waals surface area (Å²) in [6.45, 7) is 7.17. The van der Waals surface area contributed by atoms with Gasteiger partial charge in [-0.05, 0) is 56.4 Å². The van der Waals surface area contributed by atoms with Gasteiger partial charge in [0.15, 0.2) is 0 Å². The molecular formula is C17H26N2O3S. The highest BCUT2D eigenvalue weighted by atomic mass is 32.2. The van der Waals surface area contributed by atoms with Gasteiger partial charge in [-0.2, -0.15) is 0 Å².